The average molecular weight is 432 g/mol. The zero-order valence-electron chi connectivity index (χ0n) is 15.4. The summed E-state index contributed by atoms with van der Waals surface area (Å²) in [6.07, 6.45) is 0. The van der Waals surface area contributed by atoms with Gasteiger partial charge in [-0.2, -0.15) is 5.10 Å². The smallest absolute Gasteiger partial charge is 0.355 e. The highest BCUT2D eigenvalue weighted by molar-refractivity contribution is 6.48. The van der Waals surface area contributed by atoms with Crippen LogP contribution in [-0.2, 0) is 24.7 Å². The molecule has 0 bridgehead atoms. The summed E-state index contributed by atoms with van der Waals surface area (Å²) in [6, 6.07) is 11.5. The van der Waals surface area contributed by atoms with Crippen LogP contribution >= 0.6 is 23.2 Å². The molecule has 2 amide bonds. The number of fused-ring (bicyclic) bond motifs is 1. The van der Waals surface area contributed by atoms with E-state index in [1.54, 1.807) is 12.1 Å². The molecule has 2 heterocycles. The van der Waals surface area contributed by atoms with E-state index in [1.807, 2.05) is 19.1 Å². The van der Waals surface area contributed by atoms with E-state index in [4.69, 9.17) is 27.9 Å². The second-order valence-electron chi connectivity index (χ2n) is 6.78. The number of amides is 2. The summed E-state index contributed by atoms with van der Waals surface area (Å²) in [4.78, 5) is 40.3. The highest BCUT2D eigenvalue weighted by atomic mass is 35.5. The second-order valence-corrected chi connectivity index (χ2v) is 7.63. The standard InChI is InChI=1S/C20H15Cl2N3O4/c1-10-3-5-11(6-4-10)20-15(16(23-24-20)18(27)29-2)17(26)25(19(20)28)14-8-7-12(21)9-13(14)22/h3-9,15,24H,1-2H3/t15-,20+/m1/s1. The lowest BCUT2D eigenvalue weighted by atomic mass is 9.78. The quantitative estimate of drug-likeness (QED) is 0.596. The zero-order valence-corrected chi connectivity index (χ0v) is 16.9. The van der Waals surface area contributed by atoms with E-state index < -0.39 is 29.2 Å². The zero-order chi connectivity index (χ0) is 20.9. The van der Waals surface area contributed by atoms with Crippen LogP contribution in [0.5, 0.6) is 0 Å². The Labute approximate surface area is 176 Å². The fourth-order valence-electron chi connectivity index (χ4n) is 3.69. The number of methoxy groups -OCH3 is 1. The van der Waals surface area contributed by atoms with Gasteiger partial charge in [0.1, 0.15) is 5.92 Å². The summed E-state index contributed by atoms with van der Waals surface area (Å²) < 4.78 is 4.77. The lowest BCUT2D eigenvalue weighted by Gasteiger charge is -2.26. The molecule has 29 heavy (non-hydrogen) atoms. The van der Waals surface area contributed by atoms with Gasteiger partial charge in [-0.15, -0.1) is 0 Å². The van der Waals surface area contributed by atoms with Gasteiger partial charge in [-0.3, -0.25) is 15.0 Å². The molecule has 1 fully saturated rings. The Hall–Kier alpha value is -2.90. The molecule has 2 aromatic carbocycles. The largest absolute Gasteiger partial charge is 0.464 e. The predicted octanol–water partition coefficient (Wildman–Crippen LogP) is 2.82. The molecule has 0 spiro atoms. The van der Waals surface area contributed by atoms with Gasteiger partial charge in [0.2, 0.25) is 5.91 Å². The number of aryl methyl sites for hydroxylation is 1. The average Bonchev–Trinajstić information content (AvgIpc) is 3.19. The molecule has 9 heteroatoms. The van der Waals surface area contributed by atoms with Crippen LogP contribution < -0.4 is 10.3 Å². The predicted molar refractivity (Wildman–Crippen MR) is 108 cm³/mol. The Bertz CT molecular complexity index is 1080. The first-order valence-electron chi connectivity index (χ1n) is 8.65. The molecule has 148 valence electrons. The molecule has 2 atom stereocenters. The molecule has 0 aromatic heterocycles. The van der Waals surface area contributed by atoms with Crippen LogP contribution in [0.25, 0.3) is 0 Å². The van der Waals surface area contributed by atoms with Crippen molar-refractivity contribution in [2.24, 2.45) is 11.0 Å². The highest BCUT2D eigenvalue weighted by Gasteiger charge is 2.67. The molecule has 0 aliphatic carbocycles. The van der Waals surface area contributed by atoms with Gasteiger partial charge < -0.3 is 4.74 Å². The summed E-state index contributed by atoms with van der Waals surface area (Å²) in [7, 11) is 1.19. The number of halogens is 2. The fourth-order valence-corrected chi connectivity index (χ4v) is 4.18. The molecule has 1 N–H and O–H groups in total. The van der Waals surface area contributed by atoms with E-state index >= 15 is 0 Å². The molecule has 2 aliphatic rings. The maximum atomic E-state index is 13.6. The summed E-state index contributed by atoms with van der Waals surface area (Å²) in [5, 5.41) is 4.49. The first kappa shape index (κ1) is 19.4. The van der Waals surface area contributed by atoms with Gasteiger partial charge in [-0.05, 0) is 30.7 Å². The van der Waals surface area contributed by atoms with E-state index in [0.29, 0.717) is 10.6 Å². The molecule has 2 aromatic rings. The Morgan fingerprint density at radius 3 is 2.48 bits per heavy atom. The number of benzene rings is 2. The van der Waals surface area contributed by atoms with Crippen LogP contribution in [0.15, 0.2) is 47.6 Å². The molecular weight excluding hydrogens is 417 g/mol. The van der Waals surface area contributed by atoms with Gasteiger partial charge >= 0.3 is 5.97 Å². The van der Waals surface area contributed by atoms with Crippen molar-refractivity contribution in [3.8, 4) is 0 Å². The van der Waals surface area contributed by atoms with Crippen LogP contribution in [0.1, 0.15) is 11.1 Å². The SMILES string of the molecule is COC(=O)C1=NN[C@]2(c3ccc(C)cc3)C(=O)N(c3ccc(Cl)cc3Cl)C(=O)[C@@H]12. The normalized spacial score (nSPS) is 23.0. The minimum Gasteiger partial charge on any atom is -0.464 e. The third kappa shape index (κ3) is 2.73. The second kappa shape index (κ2) is 6.86. The number of carbonyl (C=O) groups is 3. The summed E-state index contributed by atoms with van der Waals surface area (Å²) in [5.74, 6) is -3.21. The monoisotopic (exact) mass is 431 g/mol. The third-order valence-electron chi connectivity index (χ3n) is 5.12. The van der Waals surface area contributed by atoms with Gasteiger partial charge in [0.25, 0.3) is 5.91 Å². The van der Waals surface area contributed by atoms with Gasteiger partial charge in [0, 0.05) is 5.02 Å². The van der Waals surface area contributed by atoms with Crippen LogP contribution in [-0.4, -0.2) is 30.6 Å². The number of ether oxygens (including phenoxy) is 1. The van der Waals surface area contributed by atoms with Crippen molar-refractivity contribution < 1.29 is 19.1 Å². The van der Waals surface area contributed by atoms with Gasteiger partial charge in [-0.1, -0.05) is 53.0 Å². The van der Waals surface area contributed by atoms with Crippen molar-refractivity contribution in [3.05, 3.63) is 63.6 Å². The molecule has 4 rings (SSSR count). The summed E-state index contributed by atoms with van der Waals surface area (Å²) in [5.41, 5.74) is 2.67. The third-order valence-corrected chi connectivity index (χ3v) is 5.66. The lowest BCUT2D eigenvalue weighted by Crippen LogP contribution is -2.48. The molecule has 0 unspecified atom stereocenters. The van der Waals surface area contributed by atoms with Gasteiger partial charge in [0.15, 0.2) is 11.3 Å². The van der Waals surface area contributed by atoms with E-state index in [1.165, 1.54) is 25.3 Å². The lowest BCUT2D eigenvalue weighted by molar-refractivity contribution is -0.133. The van der Waals surface area contributed by atoms with E-state index in [0.717, 1.165) is 10.5 Å². The van der Waals surface area contributed by atoms with Crippen LogP contribution in [0.4, 0.5) is 5.69 Å². The first-order valence-corrected chi connectivity index (χ1v) is 9.40. The Morgan fingerprint density at radius 1 is 1.17 bits per heavy atom. The highest BCUT2D eigenvalue weighted by Crippen LogP contribution is 2.46. The maximum Gasteiger partial charge on any atom is 0.355 e. The Morgan fingerprint density at radius 2 is 1.86 bits per heavy atom. The number of hydrogen-bond donors (Lipinski definition) is 1. The molecule has 2 aliphatic heterocycles. The first-order chi connectivity index (χ1) is 13.8. The maximum absolute atomic E-state index is 13.6. The van der Waals surface area contributed by atoms with Crippen molar-refractivity contribution >= 4 is 52.4 Å². The van der Waals surface area contributed by atoms with E-state index in [-0.39, 0.29) is 16.4 Å². The summed E-state index contributed by atoms with van der Waals surface area (Å²) >= 11 is 12.2. The minimum absolute atomic E-state index is 0.134. The summed E-state index contributed by atoms with van der Waals surface area (Å²) in [6.45, 7) is 1.90. The number of rotatable bonds is 3. The molecular formula is C20H15Cl2N3O4. The fraction of sp³-hybridized carbons (Fsp3) is 0.200. The number of nitrogens with zero attached hydrogens (tertiary/aromatic N) is 2. The van der Waals surface area contributed by atoms with Crippen LogP contribution in [0.2, 0.25) is 10.0 Å². The van der Waals surface area contributed by atoms with E-state index in [2.05, 4.69) is 10.5 Å². The minimum atomic E-state index is -1.57. The van der Waals surface area contributed by atoms with Crippen molar-refractivity contribution in [2.75, 3.05) is 12.0 Å². The molecule has 0 radical (unpaired) electrons. The van der Waals surface area contributed by atoms with Gasteiger partial charge in [0.05, 0.1) is 17.8 Å². The number of hydrazone groups is 1. The molecule has 0 saturated carbocycles. The van der Waals surface area contributed by atoms with Crippen molar-refractivity contribution in [1.82, 2.24) is 5.43 Å². The topological polar surface area (TPSA) is 88.1 Å². The number of hydrogen-bond acceptors (Lipinski definition) is 6. The van der Waals surface area contributed by atoms with Crippen molar-refractivity contribution in [1.29, 1.82) is 0 Å². The van der Waals surface area contributed by atoms with E-state index in [9.17, 15) is 14.4 Å². The Kier molecular flexibility index (Phi) is 4.59. The number of anilines is 1. The van der Waals surface area contributed by atoms with Crippen molar-refractivity contribution in [2.45, 2.75) is 12.5 Å². The van der Waals surface area contributed by atoms with Crippen LogP contribution in [0, 0.1) is 12.8 Å². The number of nitrogens with one attached hydrogen (secondary N) is 1. The number of esters is 1. The van der Waals surface area contributed by atoms with Gasteiger partial charge in [-0.25, -0.2) is 9.69 Å². The van der Waals surface area contributed by atoms with Crippen molar-refractivity contribution in [3.63, 3.8) is 0 Å². The molecule has 1 saturated heterocycles. The number of imide groups is 1. The number of carbonyl (C=O) groups excluding carboxylic acids is 3. The van der Waals surface area contributed by atoms with Crippen LogP contribution in [0.3, 0.4) is 0 Å². The Balaban J connectivity index is 1.91. The molecule has 7 nitrogen and oxygen atoms in total.